The van der Waals surface area contributed by atoms with Crippen molar-refractivity contribution in [2.75, 3.05) is 11.4 Å². The van der Waals surface area contributed by atoms with Crippen molar-refractivity contribution in [3.8, 4) is 0 Å². The van der Waals surface area contributed by atoms with Gasteiger partial charge in [-0.15, -0.1) is 11.6 Å². The molecule has 2 aliphatic rings. The average molecular weight is 268 g/mol. The molecule has 0 N–H and O–H groups in total. The van der Waals surface area contributed by atoms with E-state index in [-0.39, 0.29) is 11.7 Å². The first-order chi connectivity index (χ1) is 8.81. The van der Waals surface area contributed by atoms with E-state index in [9.17, 15) is 4.39 Å². The lowest BCUT2D eigenvalue weighted by Gasteiger charge is -2.40. The first-order valence-corrected chi connectivity index (χ1v) is 7.44. The zero-order valence-corrected chi connectivity index (χ0v) is 11.3. The quantitative estimate of drug-likeness (QED) is 0.721. The first-order valence-electron chi connectivity index (χ1n) is 6.91. The van der Waals surface area contributed by atoms with Gasteiger partial charge < -0.3 is 4.90 Å². The van der Waals surface area contributed by atoms with E-state index in [4.69, 9.17) is 11.6 Å². The van der Waals surface area contributed by atoms with Crippen molar-refractivity contribution in [2.45, 2.75) is 44.0 Å². The highest BCUT2D eigenvalue weighted by Gasteiger charge is 2.35. The van der Waals surface area contributed by atoms with Crippen LogP contribution in [0.4, 0.5) is 10.1 Å². The summed E-state index contributed by atoms with van der Waals surface area (Å²) in [5.41, 5.74) is 1.70. The average Bonchev–Trinajstić information content (AvgIpc) is 2.86. The number of benzene rings is 1. The molecule has 98 valence electrons. The van der Waals surface area contributed by atoms with E-state index in [0.29, 0.717) is 11.6 Å². The Kier molecular flexibility index (Phi) is 3.47. The highest BCUT2D eigenvalue weighted by Crippen LogP contribution is 2.40. The maximum atomic E-state index is 13.8. The summed E-state index contributed by atoms with van der Waals surface area (Å²) in [7, 11) is 0. The molecule has 1 nitrogen and oxygen atoms in total. The van der Waals surface area contributed by atoms with Gasteiger partial charge in [-0.3, -0.25) is 0 Å². The van der Waals surface area contributed by atoms with E-state index in [1.165, 1.54) is 38.2 Å². The van der Waals surface area contributed by atoms with Crippen LogP contribution >= 0.6 is 11.6 Å². The van der Waals surface area contributed by atoms with Gasteiger partial charge in [-0.1, -0.05) is 12.5 Å². The number of anilines is 1. The molecule has 2 unspecified atom stereocenters. The lowest BCUT2D eigenvalue weighted by atomic mass is 9.91. The monoisotopic (exact) mass is 267 g/mol. The summed E-state index contributed by atoms with van der Waals surface area (Å²) in [6, 6.07) is 5.96. The Morgan fingerprint density at radius 3 is 2.89 bits per heavy atom. The topological polar surface area (TPSA) is 3.24 Å². The summed E-state index contributed by atoms with van der Waals surface area (Å²) >= 11 is 5.93. The van der Waals surface area contributed by atoms with Gasteiger partial charge in [-0.2, -0.15) is 0 Å². The molecule has 3 rings (SSSR count). The van der Waals surface area contributed by atoms with Crippen LogP contribution in [-0.2, 0) is 5.88 Å². The molecule has 1 saturated carbocycles. The van der Waals surface area contributed by atoms with E-state index < -0.39 is 0 Å². The summed E-state index contributed by atoms with van der Waals surface area (Å²) in [6.45, 7) is 1.05. The molecule has 3 heteroatoms. The predicted molar refractivity (Wildman–Crippen MR) is 73.7 cm³/mol. The molecular weight excluding hydrogens is 249 g/mol. The lowest BCUT2D eigenvalue weighted by Crippen LogP contribution is -2.43. The Labute approximate surface area is 113 Å². The number of halogens is 2. The van der Waals surface area contributed by atoms with E-state index in [0.717, 1.165) is 18.2 Å². The standard InChI is InChI=1S/C15H19ClFN/c16-10-12-13(17)6-2-8-15(12)18-9-3-5-11-4-1-7-14(11)18/h2,6,8,11,14H,1,3-5,7,9-10H2. The minimum atomic E-state index is -0.164. The Morgan fingerprint density at radius 1 is 1.22 bits per heavy atom. The van der Waals surface area contributed by atoms with Gasteiger partial charge in [-0.25, -0.2) is 4.39 Å². The summed E-state index contributed by atoms with van der Waals surface area (Å²) in [6.07, 6.45) is 6.47. The van der Waals surface area contributed by atoms with Crippen molar-refractivity contribution in [3.05, 3.63) is 29.6 Å². The first kappa shape index (κ1) is 12.3. The molecule has 18 heavy (non-hydrogen) atoms. The third-order valence-electron chi connectivity index (χ3n) is 4.53. The number of rotatable bonds is 2. The molecule has 0 radical (unpaired) electrons. The molecule has 2 atom stereocenters. The van der Waals surface area contributed by atoms with Crippen molar-refractivity contribution in [1.29, 1.82) is 0 Å². The number of nitrogens with zero attached hydrogens (tertiary/aromatic N) is 1. The molecule has 1 aromatic carbocycles. The van der Waals surface area contributed by atoms with Crippen LogP contribution in [0, 0.1) is 11.7 Å². The van der Waals surface area contributed by atoms with Crippen LogP contribution in [0.5, 0.6) is 0 Å². The minimum absolute atomic E-state index is 0.164. The number of hydrogen-bond donors (Lipinski definition) is 0. The molecule has 1 saturated heterocycles. The Balaban J connectivity index is 1.96. The van der Waals surface area contributed by atoms with Gasteiger partial charge in [0.25, 0.3) is 0 Å². The van der Waals surface area contributed by atoms with Crippen molar-refractivity contribution in [3.63, 3.8) is 0 Å². The molecule has 1 aliphatic carbocycles. The number of fused-ring (bicyclic) bond motifs is 1. The third kappa shape index (κ3) is 2.01. The third-order valence-corrected chi connectivity index (χ3v) is 4.80. The zero-order chi connectivity index (χ0) is 12.5. The highest BCUT2D eigenvalue weighted by atomic mass is 35.5. The fourth-order valence-electron chi connectivity index (χ4n) is 3.70. The van der Waals surface area contributed by atoms with Crippen LogP contribution in [0.15, 0.2) is 18.2 Å². The smallest absolute Gasteiger partial charge is 0.129 e. The van der Waals surface area contributed by atoms with Crippen molar-refractivity contribution < 1.29 is 4.39 Å². The molecule has 0 spiro atoms. The van der Waals surface area contributed by atoms with E-state index >= 15 is 0 Å². The SMILES string of the molecule is Fc1cccc(N2CCCC3CCCC32)c1CCl. The second-order valence-electron chi connectivity index (χ2n) is 5.47. The van der Waals surface area contributed by atoms with Gasteiger partial charge in [0.2, 0.25) is 0 Å². The highest BCUT2D eigenvalue weighted by molar-refractivity contribution is 6.17. The van der Waals surface area contributed by atoms with Crippen LogP contribution in [0.1, 0.15) is 37.7 Å². The fraction of sp³-hybridized carbons (Fsp3) is 0.600. The molecule has 1 aromatic rings. The van der Waals surface area contributed by atoms with Gasteiger partial charge >= 0.3 is 0 Å². The van der Waals surface area contributed by atoms with Crippen LogP contribution < -0.4 is 4.90 Å². The maximum absolute atomic E-state index is 13.8. The summed E-state index contributed by atoms with van der Waals surface area (Å²) in [5, 5.41) is 0. The second-order valence-corrected chi connectivity index (χ2v) is 5.73. The van der Waals surface area contributed by atoms with E-state index in [2.05, 4.69) is 4.90 Å². The van der Waals surface area contributed by atoms with Gasteiger partial charge in [0, 0.05) is 23.8 Å². The molecular formula is C15H19ClFN. The summed E-state index contributed by atoms with van der Waals surface area (Å²) < 4.78 is 13.8. The molecule has 2 fully saturated rings. The predicted octanol–water partition coefficient (Wildman–Crippen LogP) is 4.33. The Hall–Kier alpha value is -0.760. The fourth-order valence-corrected chi connectivity index (χ4v) is 3.97. The molecule has 0 aromatic heterocycles. The van der Waals surface area contributed by atoms with E-state index in [1.54, 1.807) is 6.07 Å². The lowest BCUT2D eigenvalue weighted by molar-refractivity contribution is 0.361. The van der Waals surface area contributed by atoms with Gasteiger partial charge in [0.15, 0.2) is 0 Å². The largest absolute Gasteiger partial charge is 0.368 e. The van der Waals surface area contributed by atoms with E-state index in [1.807, 2.05) is 6.07 Å². The van der Waals surface area contributed by atoms with Gasteiger partial charge in [0.05, 0.1) is 5.88 Å². The Bertz CT molecular complexity index is 435. The molecule has 1 heterocycles. The summed E-state index contributed by atoms with van der Waals surface area (Å²) in [5.74, 6) is 0.906. The normalized spacial score (nSPS) is 27.3. The van der Waals surface area contributed by atoms with Crippen molar-refractivity contribution in [1.82, 2.24) is 0 Å². The van der Waals surface area contributed by atoms with Crippen LogP contribution in [0.2, 0.25) is 0 Å². The number of alkyl halides is 1. The van der Waals surface area contributed by atoms with Crippen molar-refractivity contribution in [2.24, 2.45) is 5.92 Å². The molecule has 0 amide bonds. The van der Waals surface area contributed by atoms with Crippen molar-refractivity contribution >= 4 is 17.3 Å². The van der Waals surface area contributed by atoms with Gasteiger partial charge in [0.1, 0.15) is 5.82 Å². The second kappa shape index (κ2) is 5.08. The zero-order valence-electron chi connectivity index (χ0n) is 10.5. The minimum Gasteiger partial charge on any atom is -0.368 e. The van der Waals surface area contributed by atoms with Crippen LogP contribution in [0.3, 0.4) is 0 Å². The van der Waals surface area contributed by atoms with Crippen LogP contribution in [0.25, 0.3) is 0 Å². The number of hydrogen-bond acceptors (Lipinski definition) is 1. The van der Waals surface area contributed by atoms with Crippen LogP contribution in [-0.4, -0.2) is 12.6 Å². The molecule has 0 bridgehead atoms. The summed E-state index contributed by atoms with van der Waals surface area (Å²) in [4.78, 5) is 2.42. The molecule has 1 aliphatic heterocycles. The Morgan fingerprint density at radius 2 is 2.06 bits per heavy atom. The number of piperidine rings is 1. The maximum Gasteiger partial charge on any atom is 0.129 e. The van der Waals surface area contributed by atoms with Gasteiger partial charge in [-0.05, 0) is 43.7 Å².